The van der Waals surface area contributed by atoms with E-state index in [0.29, 0.717) is 25.3 Å². The predicted molar refractivity (Wildman–Crippen MR) is 105 cm³/mol. The first-order valence-electron chi connectivity index (χ1n) is 8.31. The Bertz CT molecular complexity index is 881. The van der Waals surface area contributed by atoms with Crippen molar-refractivity contribution in [2.45, 2.75) is 17.7 Å². The molecule has 0 saturated carbocycles. The van der Waals surface area contributed by atoms with Gasteiger partial charge in [0.1, 0.15) is 11.6 Å². The highest BCUT2D eigenvalue weighted by molar-refractivity contribution is 8.01. The molecule has 7 heteroatoms. The lowest BCUT2D eigenvalue weighted by molar-refractivity contribution is -0.118. The SMILES string of the molecule is CCOc1ccc2nc(SCC(=O)NCCc3ccc(F)cc3)sc2c1. The number of aromatic nitrogens is 1. The van der Waals surface area contributed by atoms with Crippen LogP contribution in [-0.4, -0.2) is 29.8 Å². The summed E-state index contributed by atoms with van der Waals surface area (Å²) in [7, 11) is 0. The number of amides is 1. The highest BCUT2D eigenvalue weighted by atomic mass is 32.2. The van der Waals surface area contributed by atoms with Crippen LogP contribution in [0.3, 0.4) is 0 Å². The van der Waals surface area contributed by atoms with Gasteiger partial charge in [-0.15, -0.1) is 11.3 Å². The lowest BCUT2D eigenvalue weighted by Crippen LogP contribution is -2.27. The second kappa shape index (κ2) is 9.00. The average Bonchev–Trinajstić information content (AvgIpc) is 3.04. The van der Waals surface area contributed by atoms with E-state index in [9.17, 15) is 9.18 Å². The molecule has 0 aliphatic carbocycles. The van der Waals surface area contributed by atoms with Gasteiger partial charge in [-0.1, -0.05) is 23.9 Å². The smallest absolute Gasteiger partial charge is 0.230 e. The normalized spacial score (nSPS) is 10.8. The summed E-state index contributed by atoms with van der Waals surface area (Å²) in [5, 5.41) is 2.88. The minimum atomic E-state index is -0.251. The molecule has 2 aromatic carbocycles. The first kappa shape index (κ1) is 18.7. The quantitative estimate of drug-likeness (QED) is 0.583. The van der Waals surface area contributed by atoms with Gasteiger partial charge in [0.25, 0.3) is 0 Å². The topological polar surface area (TPSA) is 51.2 Å². The van der Waals surface area contributed by atoms with Crippen molar-refractivity contribution in [2.75, 3.05) is 18.9 Å². The van der Waals surface area contributed by atoms with Crippen molar-refractivity contribution < 1.29 is 13.9 Å². The highest BCUT2D eigenvalue weighted by Crippen LogP contribution is 2.31. The Kier molecular flexibility index (Phi) is 6.46. The minimum Gasteiger partial charge on any atom is -0.494 e. The molecule has 3 aromatic rings. The fourth-order valence-corrected chi connectivity index (χ4v) is 4.30. The van der Waals surface area contributed by atoms with E-state index in [2.05, 4.69) is 10.3 Å². The van der Waals surface area contributed by atoms with Crippen molar-refractivity contribution in [3.05, 3.63) is 53.8 Å². The van der Waals surface area contributed by atoms with Crippen LogP contribution in [0.5, 0.6) is 5.75 Å². The Balaban J connectivity index is 1.46. The number of halogens is 1. The first-order valence-corrected chi connectivity index (χ1v) is 10.1. The molecule has 0 bridgehead atoms. The van der Waals surface area contributed by atoms with Gasteiger partial charge >= 0.3 is 0 Å². The first-order chi connectivity index (χ1) is 12.6. The van der Waals surface area contributed by atoms with Crippen molar-refractivity contribution in [1.82, 2.24) is 10.3 Å². The number of nitrogens with one attached hydrogen (secondary N) is 1. The van der Waals surface area contributed by atoms with E-state index in [1.54, 1.807) is 23.5 Å². The number of carbonyl (C=O) groups is 1. The minimum absolute atomic E-state index is 0.0358. The lowest BCUT2D eigenvalue weighted by atomic mass is 10.1. The summed E-state index contributed by atoms with van der Waals surface area (Å²) in [6.07, 6.45) is 0.679. The number of benzene rings is 2. The van der Waals surface area contributed by atoms with Gasteiger partial charge in [0.15, 0.2) is 4.34 Å². The van der Waals surface area contributed by atoms with Crippen molar-refractivity contribution in [1.29, 1.82) is 0 Å². The number of thiazole rings is 1. The van der Waals surface area contributed by atoms with Crippen LogP contribution in [0.1, 0.15) is 12.5 Å². The third-order valence-corrected chi connectivity index (χ3v) is 5.79. The number of carbonyl (C=O) groups excluding carboxylic acids is 1. The largest absolute Gasteiger partial charge is 0.494 e. The molecule has 0 spiro atoms. The van der Waals surface area contributed by atoms with E-state index in [0.717, 1.165) is 25.9 Å². The number of ether oxygens (including phenoxy) is 1. The van der Waals surface area contributed by atoms with Crippen LogP contribution in [-0.2, 0) is 11.2 Å². The van der Waals surface area contributed by atoms with Crippen LogP contribution in [0.15, 0.2) is 46.8 Å². The molecule has 0 fully saturated rings. The van der Waals surface area contributed by atoms with Gasteiger partial charge in [-0.25, -0.2) is 9.37 Å². The van der Waals surface area contributed by atoms with Crippen molar-refractivity contribution >= 4 is 39.2 Å². The molecular weight excluding hydrogens is 371 g/mol. The van der Waals surface area contributed by atoms with Gasteiger partial charge in [-0.2, -0.15) is 0 Å². The fraction of sp³-hybridized carbons (Fsp3) is 0.263. The maximum absolute atomic E-state index is 12.9. The molecule has 0 saturated heterocycles. The fourth-order valence-electron chi connectivity index (χ4n) is 2.38. The summed E-state index contributed by atoms with van der Waals surface area (Å²) in [4.78, 5) is 16.5. The van der Waals surface area contributed by atoms with Gasteiger partial charge in [0, 0.05) is 6.54 Å². The van der Waals surface area contributed by atoms with Crippen LogP contribution >= 0.6 is 23.1 Å². The molecule has 4 nitrogen and oxygen atoms in total. The van der Waals surface area contributed by atoms with E-state index in [-0.39, 0.29) is 11.7 Å². The highest BCUT2D eigenvalue weighted by Gasteiger charge is 2.08. The van der Waals surface area contributed by atoms with Crippen LogP contribution in [0.2, 0.25) is 0 Å². The number of nitrogens with zero attached hydrogens (tertiary/aromatic N) is 1. The van der Waals surface area contributed by atoms with Gasteiger partial charge < -0.3 is 10.1 Å². The second-order valence-electron chi connectivity index (χ2n) is 5.56. The van der Waals surface area contributed by atoms with Gasteiger partial charge in [0.05, 0.1) is 22.6 Å². The Hall–Kier alpha value is -2.12. The summed E-state index contributed by atoms with van der Waals surface area (Å²) >= 11 is 2.98. The van der Waals surface area contributed by atoms with E-state index in [4.69, 9.17) is 4.74 Å². The number of hydrogen-bond acceptors (Lipinski definition) is 5. The Labute approximate surface area is 159 Å². The summed E-state index contributed by atoms with van der Waals surface area (Å²) < 4.78 is 20.3. The molecular formula is C19H19FN2O2S2. The van der Waals surface area contributed by atoms with E-state index >= 15 is 0 Å². The van der Waals surface area contributed by atoms with Crippen molar-refractivity contribution in [2.24, 2.45) is 0 Å². The van der Waals surface area contributed by atoms with E-state index in [1.807, 2.05) is 25.1 Å². The van der Waals surface area contributed by atoms with Gasteiger partial charge in [-0.05, 0) is 49.2 Å². The lowest BCUT2D eigenvalue weighted by Gasteiger charge is -2.04. The molecule has 0 unspecified atom stereocenters. The maximum atomic E-state index is 12.9. The Morgan fingerprint density at radius 1 is 1.27 bits per heavy atom. The number of fused-ring (bicyclic) bond motifs is 1. The number of hydrogen-bond donors (Lipinski definition) is 1. The number of thioether (sulfide) groups is 1. The summed E-state index contributed by atoms with van der Waals surface area (Å²) in [5.74, 6) is 0.866. The molecule has 0 radical (unpaired) electrons. The van der Waals surface area contributed by atoms with Crippen LogP contribution in [0, 0.1) is 5.82 Å². The van der Waals surface area contributed by atoms with Crippen LogP contribution < -0.4 is 10.1 Å². The van der Waals surface area contributed by atoms with Crippen LogP contribution in [0.4, 0.5) is 4.39 Å². The molecule has 0 atom stereocenters. The zero-order valence-corrected chi connectivity index (χ0v) is 16.0. The molecule has 0 aliphatic heterocycles. The molecule has 1 heterocycles. The maximum Gasteiger partial charge on any atom is 0.230 e. The third-order valence-electron chi connectivity index (χ3n) is 3.63. The standard InChI is InChI=1S/C19H19FN2O2S2/c1-2-24-15-7-8-16-17(11-15)26-19(22-16)25-12-18(23)21-10-9-13-3-5-14(20)6-4-13/h3-8,11H,2,9-10,12H2,1H3,(H,21,23). The molecule has 26 heavy (non-hydrogen) atoms. The molecule has 1 amide bonds. The monoisotopic (exact) mass is 390 g/mol. The van der Waals surface area contributed by atoms with Gasteiger partial charge in [0.2, 0.25) is 5.91 Å². The van der Waals surface area contributed by atoms with E-state index in [1.165, 1.54) is 23.9 Å². The summed E-state index contributed by atoms with van der Waals surface area (Å²) in [6.45, 7) is 3.11. The zero-order valence-electron chi connectivity index (χ0n) is 14.3. The Morgan fingerprint density at radius 2 is 2.08 bits per heavy atom. The predicted octanol–water partition coefficient (Wildman–Crippen LogP) is 4.29. The summed E-state index contributed by atoms with van der Waals surface area (Å²) in [6, 6.07) is 12.1. The molecule has 136 valence electrons. The molecule has 1 aromatic heterocycles. The number of rotatable bonds is 8. The van der Waals surface area contributed by atoms with Crippen molar-refractivity contribution in [3.8, 4) is 5.75 Å². The van der Waals surface area contributed by atoms with Crippen molar-refractivity contribution in [3.63, 3.8) is 0 Å². The summed E-state index contributed by atoms with van der Waals surface area (Å²) in [5.41, 5.74) is 1.91. The molecule has 1 N–H and O–H groups in total. The molecule has 3 rings (SSSR count). The van der Waals surface area contributed by atoms with Crippen LogP contribution in [0.25, 0.3) is 10.2 Å². The van der Waals surface area contributed by atoms with Gasteiger partial charge in [-0.3, -0.25) is 4.79 Å². The zero-order chi connectivity index (χ0) is 18.4. The average molecular weight is 391 g/mol. The Morgan fingerprint density at radius 3 is 2.85 bits per heavy atom. The third kappa shape index (κ3) is 5.19. The molecule has 0 aliphatic rings. The van der Waals surface area contributed by atoms with E-state index < -0.39 is 0 Å². The second-order valence-corrected chi connectivity index (χ2v) is 7.81.